The fourth-order valence-corrected chi connectivity index (χ4v) is 3.53. The fraction of sp³-hybridized carbons (Fsp3) is 0.474. The van der Waals surface area contributed by atoms with Crippen LogP contribution in [0.4, 0.5) is 0 Å². The molecule has 0 aliphatic heterocycles. The molecule has 0 saturated carbocycles. The minimum absolute atomic E-state index is 0. The third kappa shape index (κ3) is 7.32. The number of thiazole rings is 1. The van der Waals surface area contributed by atoms with Gasteiger partial charge in [-0.05, 0) is 31.2 Å². The lowest BCUT2D eigenvalue weighted by Crippen LogP contribution is -2.42. The molecule has 0 aliphatic rings. The maximum absolute atomic E-state index is 4.47. The van der Waals surface area contributed by atoms with Crippen LogP contribution in [0.15, 0.2) is 35.3 Å². The number of benzene rings is 1. The Bertz CT molecular complexity index is 680. The van der Waals surface area contributed by atoms with E-state index in [2.05, 4.69) is 71.7 Å². The van der Waals surface area contributed by atoms with Crippen LogP contribution in [-0.4, -0.2) is 24.5 Å². The van der Waals surface area contributed by atoms with Crippen molar-refractivity contribution in [1.29, 1.82) is 0 Å². The second-order valence-corrected chi connectivity index (χ2v) is 8.14. The Hall–Kier alpha value is -1.15. The highest BCUT2D eigenvalue weighted by atomic mass is 127. The number of hydrogen-bond acceptors (Lipinski definition) is 3. The molecule has 0 spiro atoms. The van der Waals surface area contributed by atoms with Gasteiger partial charge >= 0.3 is 0 Å². The molecule has 0 fully saturated rings. The summed E-state index contributed by atoms with van der Waals surface area (Å²) in [7, 11) is 1.81. The summed E-state index contributed by atoms with van der Waals surface area (Å²) in [6.07, 6.45) is 1.03. The number of nitrogens with zero attached hydrogens (tertiary/aromatic N) is 2. The van der Waals surface area contributed by atoms with E-state index in [0.717, 1.165) is 36.2 Å². The third-order valence-electron chi connectivity index (χ3n) is 3.90. The largest absolute Gasteiger partial charge is 0.356 e. The van der Waals surface area contributed by atoms with Crippen molar-refractivity contribution in [2.45, 2.75) is 40.7 Å². The molecular weight excluding hydrogens is 443 g/mol. The zero-order valence-corrected chi connectivity index (χ0v) is 18.9. The summed E-state index contributed by atoms with van der Waals surface area (Å²) in [5, 5.41) is 7.94. The lowest BCUT2D eigenvalue weighted by molar-refractivity contribution is 0.359. The Labute approximate surface area is 172 Å². The van der Waals surface area contributed by atoms with Crippen LogP contribution < -0.4 is 10.6 Å². The van der Waals surface area contributed by atoms with Crippen LogP contribution in [-0.2, 0) is 13.0 Å². The maximum Gasteiger partial charge on any atom is 0.191 e. The summed E-state index contributed by atoms with van der Waals surface area (Å²) in [5.41, 5.74) is 2.61. The normalized spacial score (nSPS) is 11.8. The van der Waals surface area contributed by atoms with E-state index < -0.39 is 0 Å². The molecule has 2 rings (SSSR count). The Balaban J connectivity index is 0.00000312. The Morgan fingerprint density at radius 1 is 1.16 bits per heavy atom. The molecular formula is C19H29IN4S. The second kappa shape index (κ2) is 10.1. The highest BCUT2D eigenvalue weighted by Gasteiger charge is 2.19. The summed E-state index contributed by atoms with van der Waals surface area (Å²) in [6, 6.07) is 10.6. The van der Waals surface area contributed by atoms with Gasteiger partial charge in [-0.15, -0.1) is 35.3 Å². The minimum atomic E-state index is 0. The number of hydrogen-bond donors (Lipinski definition) is 2. The first-order chi connectivity index (χ1) is 11.4. The number of rotatable bonds is 6. The van der Waals surface area contributed by atoms with Gasteiger partial charge < -0.3 is 10.6 Å². The van der Waals surface area contributed by atoms with Gasteiger partial charge in [-0.25, -0.2) is 4.98 Å². The van der Waals surface area contributed by atoms with Gasteiger partial charge in [0.2, 0.25) is 0 Å². The molecule has 0 amide bonds. The molecule has 2 aromatic rings. The van der Waals surface area contributed by atoms with Crippen molar-refractivity contribution in [3.63, 3.8) is 0 Å². The van der Waals surface area contributed by atoms with Crippen molar-refractivity contribution < 1.29 is 0 Å². The first-order valence-corrected chi connectivity index (χ1v) is 9.12. The zero-order chi connectivity index (χ0) is 17.6. The first kappa shape index (κ1) is 21.9. The van der Waals surface area contributed by atoms with Gasteiger partial charge in [0.1, 0.15) is 0 Å². The van der Waals surface area contributed by atoms with Crippen molar-refractivity contribution in [1.82, 2.24) is 15.6 Å². The van der Waals surface area contributed by atoms with Crippen molar-refractivity contribution in [3.8, 4) is 0 Å². The molecule has 0 aliphatic carbocycles. The number of aromatic nitrogens is 1. The van der Waals surface area contributed by atoms with Crippen molar-refractivity contribution in [2.24, 2.45) is 10.4 Å². The molecule has 0 saturated heterocycles. The third-order valence-corrected chi connectivity index (χ3v) is 4.97. The van der Waals surface area contributed by atoms with Crippen LogP contribution in [0.2, 0.25) is 0 Å². The lowest BCUT2D eigenvalue weighted by atomic mass is 9.86. The molecule has 1 aromatic carbocycles. The van der Waals surface area contributed by atoms with Crippen LogP contribution >= 0.6 is 35.3 Å². The monoisotopic (exact) mass is 472 g/mol. The summed E-state index contributed by atoms with van der Waals surface area (Å²) in [5.74, 6) is 0.835. The first-order valence-electron chi connectivity index (χ1n) is 8.31. The van der Waals surface area contributed by atoms with Crippen LogP contribution in [0.5, 0.6) is 0 Å². The van der Waals surface area contributed by atoms with E-state index >= 15 is 0 Å². The Morgan fingerprint density at radius 3 is 2.40 bits per heavy atom. The molecule has 0 radical (unpaired) electrons. The maximum atomic E-state index is 4.47. The molecule has 1 aromatic heterocycles. The van der Waals surface area contributed by atoms with Crippen molar-refractivity contribution >= 4 is 41.3 Å². The van der Waals surface area contributed by atoms with E-state index in [-0.39, 0.29) is 29.4 Å². The quantitative estimate of drug-likeness (QED) is 0.374. The van der Waals surface area contributed by atoms with Gasteiger partial charge in [-0.1, -0.05) is 44.2 Å². The van der Waals surface area contributed by atoms with Gasteiger partial charge in [-0.3, -0.25) is 4.99 Å². The number of aryl methyl sites for hydroxylation is 2. The van der Waals surface area contributed by atoms with E-state index in [0.29, 0.717) is 0 Å². The molecule has 4 nitrogen and oxygen atoms in total. The van der Waals surface area contributed by atoms with Crippen molar-refractivity contribution in [2.75, 3.05) is 13.6 Å². The number of nitrogens with one attached hydrogen (secondary N) is 2. The van der Waals surface area contributed by atoms with E-state index in [4.69, 9.17) is 0 Å². The Kier molecular flexibility index (Phi) is 8.85. The Morgan fingerprint density at radius 2 is 1.84 bits per heavy atom. The summed E-state index contributed by atoms with van der Waals surface area (Å²) in [4.78, 5) is 10.1. The number of aliphatic imine (C=N–C) groups is 1. The summed E-state index contributed by atoms with van der Waals surface area (Å²) in [6.45, 7) is 10.3. The predicted molar refractivity (Wildman–Crippen MR) is 119 cm³/mol. The van der Waals surface area contributed by atoms with E-state index in [9.17, 15) is 0 Å². The fourth-order valence-electron chi connectivity index (χ4n) is 2.66. The van der Waals surface area contributed by atoms with E-state index in [1.807, 2.05) is 14.0 Å². The second-order valence-electron chi connectivity index (χ2n) is 6.85. The molecule has 0 atom stereocenters. The minimum Gasteiger partial charge on any atom is -0.356 e. The summed E-state index contributed by atoms with van der Waals surface area (Å²) >= 11 is 1.74. The lowest BCUT2D eigenvalue weighted by Gasteiger charge is -2.26. The van der Waals surface area contributed by atoms with Gasteiger partial charge in [-0.2, -0.15) is 0 Å². The predicted octanol–water partition coefficient (Wildman–Crippen LogP) is 4.31. The van der Waals surface area contributed by atoms with Gasteiger partial charge in [0.25, 0.3) is 0 Å². The number of halogens is 1. The molecule has 25 heavy (non-hydrogen) atoms. The van der Waals surface area contributed by atoms with Crippen LogP contribution in [0.1, 0.15) is 35.0 Å². The average Bonchev–Trinajstić information content (AvgIpc) is 2.86. The SMILES string of the molecule is CN=C(NCc1sc(C)nc1C)NCC(C)(C)Cc1ccccc1.I. The molecule has 138 valence electrons. The molecule has 6 heteroatoms. The van der Waals surface area contributed by atoms with Gasteiger partial charge in [0.15, 0.2) is 5.96 Å². The van der Waals surface area contributed by atoms with Crippen LogP contribution in [0.3, 0.4) is 0 Å². The zero-order valence-electron chi connectivity index (χ0n) is 15.7. The van der Waals surface area contributed by atoms with Crippen molar-refractivity contribution in [3.05, 3.63) is 51.5 Å². The topological polar surface area (TPSA) is 49.3 Å². The highest BCUT2D eigenvalue weighted by Crippen LogP contribution is 2.21. The van der Waals surface area contributed by atoms with Gasteiger partial charge in [0.05, 0.1) is 17.2 Å². The molecule has 2 N–H and O–H groups in total. The highest BCUT2D eigenvalue weighted by molar-refractivity contribution is 14.0. The van der Waals surface area contributed by atoms with E-state index in [1.165, 1.54) is 10.4 Å². The van der Waals surface area contributed by atoms with E-state index in [1.54, 1.807) is 11.3 Å². The summed E-state index contributed by atoms with van der Waals surface area (Å²) < 4.78 is 0. The van der Waals surface area contributed by atoms with Crippen LogP contribution in [0, 0.1) is 19.3 Å². The van der Waals surface area contributed by atoms with Crippen LogP contribution in [0.25, 0.3) is 0 Å². The standard InChI is InChI=1S/C19H28N4S.HI/c1-14-17(24-15(2)23-14)12-21-18(20-5)22-13-19(3,4)11-16-9-7-6-8-10-16;/h6-10H,11-13H2,1-5H3,(H2,20,21,22);1H. The molecule has 0 unspecified atom stereocenters. The molecule has 1 heterocycles. The smallest absolute Gasteiger partial charge is 0.191 e. The van der Waals surface area contributed by atoms with Gasteiger partial charge in [0, 0.05) is 18.5 Å². The average molecular weight is 472 g/mol. The number of guanidine groups is 1. The molecule has 0 bridgehead atoms.